The lowest BCUT2D eigenvalue weighted by molar-refractivity contribution is 0.0953. The molecule has 3 atom stereocenters. The van der Waals surface area contributed by atoms with E-state index < -0.39 is 0 Å². The third-order valence-electron chi connectivity index (χ3n) is 3.51. The largest absolute Gasteiger partial charge is 0.488 e. The van der Waals surface area contributed by atoms with Gasteiger partial charge in [0.15, 0.2) is 0 Å². The second-order valence-corrected chi connectivity index (χ2v) is 4.92. The van der Waals surface area contributed by atoms with Gasteiger partial charge in [-0.05, 0) is 37.3 Å². The average Bonchev–Trinajstić information content (AvgIpc) is 2.40. The van der Waals surface area contributed by atoms with Gasteiger partial charge in [-0.15, -0.1) is 0 Å². The van der Waals surface area contributed by atoms with Crippen LogP contribution in [0.25, 0.3) is 0 Å². The van der Waals surface area contributed by atoms with Crippen LogP contribution in [0.5, 0.6) is 5.75 Å². The minimum atomic E-state index is -0.0896. The minimum Gasteiger partial charge on any atom is -0.488 e. The first kappa shape index (κ1) is 12.5. The molecule has 0 saturated heterocycles. The molecule has 0 aromatic heterocycles. The van der Waals surface area contributed by atoms with E-state index in [1.54, 1.807) is 12.1 Å². The molecule has 0 heterocycles. The van der Waals surface area contributed by atoms with E-state index in [2.05, 4.69) is 19.1 Å². The molecule has 0 aliphatic heterocycles. The highest BCUT2D eigenvalue weighted by Crippen LogP contribution is 2.32. The first-order valence-corrected chi connectivity index (χ1v) is 6.30. The van der Waals surface area contributed by atoms with Crippen molar-refractivity contribution in [3.63, 3.8) is 0 Å². The molecule has 1 aliphatic carbocycles. The van der Waals surface area contributed by atoms with Gasteiger partial charge in [0.1, 0.15) is 17.9 Å². The molecule has 3 nitrogen and oxygen atoms in total. The maximum absolute atomic E-state index is 9.16. The molecule has 1 aliphatic rings. The van der Waals surface area contributed by atoms with Gasteiger partial charge >= 0.3 is 0 Å². The first-order chi connectivity index (χ1) is 8.74. The number of ether oxygens (including phenoxy) is 1. The van der Waals surface area contributed by atoms with Crippen molar-refractivity contribution in [3.05, 3.63) is 29.8 Å². The summed E-state index contributed by atoms with van der Waals surface area (Å²) in [5.74, 6) is 1.11. The van der Waals surface area contributed by atoms with Crippen LogP contribution in [0.1, 0.15) is 31.7 Å². The Morgan fingerprint density at radius 1 is 1.22 bits per heavy atom. The number of nitrogens with zero attached hydrogens (tertiary/aromatic N) is 2. The summed E-state index contributed by atoms with van der Waals surface area (Å²) in [7, 11) is 0. The molecule has 1 saturated carbocycles. The number of nitriles is 2. The van der Waals surface area contributed by atoms with E-state index in [1.165, 1.54) is 0 Å². The Bertz CT molecular complexity index is 498. The number of hydrogen-bond acceptors (Lipinski definition) is 3. The van der Waals surface area contributed by atoms with Crippen molar-refractivity contribution >= 4 is 0 Å². The van der Waals surface area contributed by atoms with Crippen molar-refractivity contribution in [3.8, 4) is 17.9 Å². The van der Waals surface area contributed by atoms with E-state index in [0.29, 0.717) is 17.2 Å². The van der Waals surface area contributed by atoms with E-state index in [1.807, 2.05) is 12.1 Å². The molecule has 1 aromatic rings. The average molecular weight is 240 g/mol. The molecular formula is C15H16N2O. The monoisotopic (exact) mass is 240 g/mol. The van der Waals surface area contributed by atoms with Crippen molar-refractivity contribution < 1.29 is 4.74 Å². The van der Waals surface area contributed by atoms with E-state index in [0.717, 1.165) is 19.3 Å². The molecule has 0 radical (unpaired) electrons. The summed E-state index contributed by atoms with van der Waals surface area (Å²) in [5.41, 5.74) is 0.535. The molecule has 0 amide bonds. The molecule has 0 bridgehead atoms. The predicted molar refractivity (Wildman–Crippen MR) is 67.7 cm³/mol. The smallest absolute Gasteiger partial charge is 0.137 e. The summed E-state index contributed by atoms with van der Waals surface area (Å²) < 4.78 is 5.91. The van der Waals surface area contributed by atoms with Gasteiger partial charge in [-0.3, -0.25) is 0 Å². The predicted octanol–water partition coefficient (Wildman–Crippen LogP) is 3.27. The highest BCUT2D eigenvalue weighted by Gasteiger charge is 2.30. The van der Waals surface area contributed by atoms with Gasteiger partial charge < -0.3 is 4.74 Å². The van der Waals surface area contributed by atoms with Crippen LogP contribution in [0.2, 0.25) is 0 Å². The molecule has 1 fully saturated rings. The van der Waals surface area contributed by atoms with Gasteiger partial charge in [-0.2, -0.15) is 10.5 Å². The first-order valence-electron chi connectivity index (χ1n) is 6.30. The lowest BCUT2D eigenvalue weighted by Gasteiger charge is -2.31. The Morgan fingerprint density at radius 2 is 2.00 bits per heavy atom. The molecule has 1 aromatic carbocycles. The van der Waals surface area contributed by atoms with Crippen molar-refractivity contribution in [2.45, 2.75) is 32.3 Å². The Balaban J connectivity index is 2.17. The Hall–Kier alpha value is -2.00. The highest BCUT2D eigenvalue weighted by molar-refractivity contribution is 5.42. The fraction of sp³-hybridized carbons (Fsp3) is 0.467. The van der Waals surface area contributed by atoms with Gasteiger partial charge in [0.25, 0.3) is 0 Å². The third-order valence-corrected chi connectivity index (χ3v) is 3.51. The zero-order valence-electron chi connectivity index (χ0n) is 10.5. The third kappa shape index (κ3) is 2.63. The normalized spacial score (nSPS) is 26.9. The topological polar surface area (TPSA) is 56.8 Å². The maximum Gasteiger partial charge on any atom is 0.137 e. The second-order valence-electron chi connectivity index (χ2n) is 4.92. The summed E-state index contributed by atoms with van der Waals surface area (Å²) in [5, 5.41) is 18.2. The summed E-state index contributed by atoms with van der Waals surface area (Å²) in [4.78, 5) is 0. The van der Waals surface area contributed by atoms with E-state index >= 15 is 0 Å². The van der Waals surface area contributed by atoms with Gasteiger partial charge in [0.05, 0.1) is 17.6 Å². The van der Waals surface area contributed by atoms with Crippen LogP contribution in [0.15, 0.2) is 24.3 Å². The van der Waals surface area contributed by atoms with Crippen LogP contribution in [0.4, 0.5) is 0 Å². The van der Waals surface area contributed by atoms with Crippen LogP contribution in [-0.4, -0.2) is 6.10 Å². The Labute approximate surface area is 108 Å². The van der Waals surface area contributed by atoms with E-state index in [-0.39, 0.29) is 12.0 Å². The minimum absolute atomic E-state index is 0.0621. The van der Waals surface area contributed by atoms with Gasteiger partial charge in [-0.25, -0.2) is 0 Å². The van der Waals surface area contributed by atoms with E-state index in [4.69, 9.17) is 15.3 Å². The zero-order chi connectivity index (χ0) is 13.0. The lowest BCUT2D eigenvalue weighted by atomic mass is 9.81. The van der Waals surface area contributed by atoms with Gasteiger partial charge in [0, 0.05) is 0 Å². The molecular weight excluding hydrogens is 224 g/mol. The van der Waals surface area contributed by atoms with Crippen LogP contribution in [0.3, 0.4) is 0 Å². The fourth-order valence-corrected chi connectivity index (χ4v) is 2.43. The molecule has 18 heavy (non-hydrogen) atoms. The Morgan fingerprint density at radius 3 is 2.72 bits per heavy atom. The lowest BCUT2D eigenvalue weighted by Crippen LogP contribution is -2.32. The molecule has 3 heteroatoms. The SMILES string of the molecule is CC1CCC(C#N)C(Oc2ccccc2C#N)C1. The maximum atomic E-state index is 9.16. The van der Waals surface area contributed by atoms with Crippen LogP contribution in [-0.2, 0) is 0 Å². The summed E-state index contributed by atoms with van der Waals surface area (Å²) in [6.07, 6.45) is 2.76. The Kier molecular flexibility index (Phi) is 3.85. The molecule has 0 spiro atoms. The second kappa shape index (κ2) is 5.56. The summed E-state index contributed by atoms with van der Waals surface area (Å²) >= 11 is 0. The fourth-order valence-electron chi connectivity index (χ4n) is 2.43. The summed E-state index contributed by atoms with van der Waals surface area (Å²) in [6.45, 7) is 2.18. The van der Waals surface area contributed by atoms with E-state index in [9.17, 15) is 0 Å². The highest BCUT2D eigenvalue weighted by atomic mass is 16.5. The number of hydrogen-bond donors (Lipinski definition) is 0. The quantitative estimate of drug-likeness (QED) is 0.797. The zero-order valence-corrected chi connectivity index (χ0v) is 10.5. The van der Waals surface area contributed by atoms with Crippen LogP contribution in [0, 0.1) is 34.5 Å². The molecule has 3 unspecified atom stereocenters. The number of benzene rings is 1. The van der Waals surface area contributed by atoms with Crippen LogP contribution >= 0.6 is 0 Å². The molecule has 92 valence electrons. The van der Waals surface area contributed by atoms with Crippen molar-refractivity contribution in [1.82, 2.24) is 0 Å². The van der Waals surface area contributed by atoms with Crippen molar-refractivity contribution in [2.75, 3.05) is 0 Å². The standard InChI is InChI=1S/C15H16N2O/c1-11-6-7-13(10-17)15(8-11)18-14-5-3-2-4-12(14)9-16/h2-5,11,13,15H,6-8H2,1H3. The summed E-state index contributed by atoms with van der Waals surface area (Å²) in [6, 6.07) is 11.6. The number of para-hydroxylation sites is 1. The number of rotatable bonds is 2. The molecule has 0 N–H and O–H groups in total. The van der Waals surface area contributed by atoms with Crippen molar-refractivity contribution in [1.29, 1.82) is 10.5 Å². The van der Waals surface area contributed by atoms with Gasteiger partial charge in [-0.1, -0.05) is 19.1 Å². The molecule has 2 rings (SSSR count). The van der Waals surface area contributed by atoms with Crippen molar-refractivity contribution in [2.24, 2.45) is 11.8 Å². The van der Waals surface area contributed by atoms with Crippen LogP contribution < -0.4 is 4.74 Å². The van der Waals surface area contributed by atoms with Gasteiger partial charge in [0.2, 0.25) is 0 Å².